The maximum absolute atomic E-state index is 14.5. The van der Waals surface area contributed by atoms with Crippen LogP contribution in [0.25, 0.3) is 10.8 Å². The predicted molar refractivity (Wildman–Crippen MR) is 186 cm³/mol. The third kappa shape index (κ3) is 7.74. The van der Waals surface area contributed by atoms with Crippen LogP contribution in [0.15, 0.2) is 43.1 Å². The Morgan fingerprint density at radius 3 is 2.46 bits per heavy atom. The molecule has 1 aliphatic heterocycles. The van der Waals surface area contributed by atoms with Gasteiger partial charge in [-0.05, 0) is 81.5 Å². The molecular formula is C36H48N4O9S. The number of fused-ring (bicyclic) bond motifs is 1. The number of hydrogen-bond donors (Lipinski definition) is 1. The molecule has 1 saturated heterocycles. The van der Waals surface area contributed by atoms with E-state index in [0.29, 0.717) is 29.9 Å². The van der Waals surface area contributed by atoms with Gasteiger partial charge in [-0.3, -0.25) is 24.0 Å². The first-order valence-corrected chi connectivity index (χ1v) is 18.5. The molecule has 3 amide bonds. The summed E-state index contributed by atoms with van der Waals surface area (Å²) in [5.41, 5.74) is -2.10. The highest BCUT2D eigenvalue weighted by Gasteiger charge is 2.61. The van der Waals surface area contributed by atoms with Crippen molar-refractivity contribution in [3.8, 4) is 11.6 Å². The van der Waals surface area contributed by atoms with Gasteiger partial charge in [0.05, 0.1) is 30.4 Å². The number of ketones is 1. The predicted octanol–water partition coefficient (Wildman–Crippen LogP) is 4.24. The number of Topliss-reactive ketones (excluding diaryl/α,β-unsaturated/α-hetero) is 1. The van der Waals surface area contributed by atoms with Gasteiger partial charge in [0.25, 0.3) is 0 Å². The van der Waals surface area contributed by atoms with Crippen LogP contribution < -0.4 is 14.2 Å². The van der Waals surface area contributed by atoms with Crippen LogP contribution in [0, 0.1) is 17.3 Å². The maximum atomic E-state index is 14.5. The molecule has 2 aliphatic carbocycles. The number of ether oxygens (including phenoxy) is 3. The quantitative estimate of drug-likeness (QED) is 0.298. The molecule has 2 saturated carbocycles. The minimum Gasteiger partial charge on any atom is -0.497 e. The second-order valence-electron chi connectivity index (χ2n) is 15.0. The normalized spacial score (nSPS) is 24.0. The Bertz CT molecular complexity index is 1780. The number of hydrogen-bond acceptors (Lipinski definition) is 10. The number of aromatic nitrogens is 1. The van der Waals surface area contributed by atoms with Crippen LogP contribution in [0.3, 0.4) is 0 Å². The molecule has 14 heteroatoms. The third-order valence-corrected chi connectivity index (χ3v) is 11.5. The summed E-state index contributed by atoms with van der Waals surface area (Å²) in [5.74, 6) is -1.40. The molecule has 3 aliphatic rings. The zero-order valence-electron chi connectivity index (χ0n) is 29.8. The molecule has 0 spiro atoms. The van der Waals surface area contributed by atoms with Crippen LogP contribution in [0.2, 0.25) is 0 Å². The summed E-state index contributed by atoms with van der Waals surface area (Å²) in [6.45, 7) is 12.6. The molecule has 5 rings (SSSR count). The van der Waals surface area contributed by atoms with Crippen molar-refractivity contribution in [3.63, 3.8) is 0 Å². The standard InChI is InChI=1S/C36H48N4O9S/c1-9-23-18-36(23,33(43)38-50(45,46)26-11-12-26)19-29(41)28-17-25(48-31-27-13-10-24(47-8)16-22(27)14-15-37-31)20-40(28)32(42)30(21(2)3)39(7)34(44)49-35(4,5)6/h9-10,13-16,21,23,25-26,28,30H,1,11-12,17-20H2,2-8H3,(H,38,43)/t23-,25-,28+,30+,36-/m1/s1. The Balaban J connectivity index is 1.44. The van der Waals surface area contributed by atoms with E-state index in [4.69, 9.17) is 14.2 Å². The Labute approximate surface area is 293 Å². The molecular weight excluding hydrogens is 664 g/mol. The maximum Gasteiger partial charge on any atom is 0.410 e. The van der Waals surface area contributed by atoms with Crippen molar-refractivity contribution in [2.75, 3.05) is 20.7 Å². The number of carbonyl (C=O) groups excluding carboxylic acids is 4. The van der Waals surface area contributed by atoms with Crippen molar-refractivity contribution < 1.29 is 41.8 Å². The lowest BCUT2D eigenvalue weighted by atomic mass is 9.91. The summed E-state index contributed by atoms with van der Waals surface area (Å²) in [4.78, 5) is 62.5. The Hall–Kier alpha value is -4.20. The SMILES string of the molecule is C=C[C@@H]1C[C@]1(CC(=O)[C@@H]1C[C@@H](Oc2nccc3cc(OC)ccc23)CN1C(=O)[C@H](C(C)C)N(C)C(=O)OC(C)(C)C)C(=O)NS(=O)(=O)C1CC1. The highest BCUT2D eigenvalue weighted by molar-refractivity contribution is 7.90. The van der Waals surface area contributed by atoms with Crippen molar-refractivity contribution in [1.29, 1.82) is 0 Å². The number of rotatable bonds is 13. The van der Waals surface area contributed by atoms with Gasteiger partial charge < -0.3 is 19.1 Å². The van der Waals surface area contributed by atoms with Gasteiger partial charge in [-0.2, -0.15) is 0 Å². The van der Waals surface area contributed by atoms with Gasteiger partial charge in [0.15, 0.2) is 5.78 Å². The van der Waals surface area contributed by atoms with Crippen molar-refractivity contribution in [2.24, 2.45) is 17.3 Å². The number of pyridine rings is 1. The first-order valence-electron chi connectivity index (χ1n) is 17.0. The van der Waals surface area contributed by atoms with Crippen LogP contribution in [-0.2, 0) is 29.1 Å². The van der Waals surface area contributed by atoms with Crippen molar-refractivity contribution in [2.45, 2.75) is 95.8 Å². The van der Waals surface area contributed by atoms with E-state index in [0.717, 1.165) is 5.39 Å². The van der Waals surface area contributed by atoms with E-state index >= 15 is 0 Å². The lowest BCUT2D eigenvalue weighted by Crippen LogP contribution is -2.55. The largest absolute Gasteiger partial charge is 0.497 e. The van der Waals surface area contributed by atoms with E-state index in [1.165, 1.54) is 16.8 Å². The number of likely N-dealkylation sites (N-methyl/N-ethyl adjacent to an activating group) is 1. The minimum atomic E-state index is -3.85. The van der Waals surface area contributed by atoms with E-state index < -0.39 is 74.1 Å². The van der Waals surface area contributed by atoms with Gasteiger partial charge in [-0.15, -0.1) is 6.58 Å². The first kappa shape index (κ1) is 37.1. The molecule has 50 heavy (non-hydrogen) atoms. The average molecular weight is 713 g/mol. The molecule has 1 aromatic carbocycles. The minimum absolute atomic E-state index is 0.00891. The third-order valence-electron chi connectivity index (χ3n) is 9.67. The molecule has 0 unspecified atom stereocenters. The smallest absolute Gasteiger partial charge is 0.410 e. The number of sulfonamides is 1. The molecule has 2 heterocycles. The van der Waals surface area contributed by atoms with Crippen LogP contribution in [0.5, 0.6) is 11.6 Å². The molecule has 5 atom stereocenters. The van der Waals surface area contributed by atoms with Gasteiger partial charge in [0, 0.05) is 31.5 Å². The number of nitrogens with zero attached hydrogens (tertiary/aromatic N) is 3. The van der Waals surface area contributed by atoms with Crippen molar-refractivity contribution in [1.82, 2.24) is 19.5 Å². The van der Waals surface area contributed by atoms with E-state index in [1.54, 1.807) is 60.1 Å². The lowest BCUT2D eigenvalue weighted by molar-refractivity contribution is -0.143. The summed E-state index contributed by atoms with van der Waals surface area (Å²) in [5, 5.41) is 0.926. The van der Waals surface area contributed by atoms with Gasteiger partial charge in [-0.1, -0.05) is 19.9 Å². The van der Waals surface area contributed by atoms with Gasteiger partial charge in [0.1, 0.15) is 23.5 Å². The molecule has 1 N–H and O–H groups in total. The summed E-state index contributed by atoms with van der Waals surface area (Å²) in [6.07, 6.45) is 2.83. The second kappa shape index (κ2) is 13.8. The summed E-state index contributed by atoms with van der Waals surface area (Å²) >= 11 is 0. The molecule has 3 fully saturated rings. The average Bonchev–Trinajstić information content (AvgIpc) is 3.96. The van der Waals surface area contributed by atoms with Crippen LogP contribution in [0.1, 0.15) is 66.7 Å². The Morgan fingerprint density at radius 1 is 1.18 bits per heavy atom. The number of amides is 3. The fourth-order valence-electron chi connectivity index (χ4n) is 6.76. The number of nitrogens with one attached hydrogen (secondary N) is 1. The molecule has 0 bridgehead atoms. The molecule has 272 valence electrons. The topological polar surface area (TPSA) is 162 Å². The molecule has 0 radical (unpaired) electrons. The Kier molecular flexibility index (Phi) is 10.3. The lowest BCUT2D eigenvalue weighted by Gasteiger charge is -2.36. The number of carbonyl (C=O) groups is 4. The number of methoxy groups -OCH3 is 1. The molecule has 13 nitrogen and oxygen atoms in total. The monoisotopic (exact) mass is 712 g/mol. The molecule has 1 aromatic heterocycles. The Morgan fingerprint density at radius 2 is 1.88 bits per heavy atom. The van der Waals surface area contributed by atoms with Crippen molar-refractivity contribution in [3.05, 3.63) is 43.1 Å². The summed E-state index contributed by atoms with van der Waals surface area (Å²) in [6, 6.07) is 5.27. The first-order chi connectivity index (χ1) is 23.4. The van der Waals surface area contributed by atoms with Crippen LogP contribution in [0.4, 0.5) is 4.79 Å². The fraction of sp³-hybridized carbons (Fsp3) is 0.583. The highest BCUT2D eigenvalue weighted by atomic mass is 32.2. The number of allylic oxidation sites excluding steroid dienone is 1. The van der Waals surface area contributed by atoms with Crippen LogP contribution in [-0.4, -0.2) is 96.6 Å². The molecule has 2 aromatic rings. The van der Waals surface area contributed by atoms with Crippen molar-refractivity contribution >= 4 is 44.5 Å². The fourth-order valence-corrected chi connectivity index (χ4v) is 8.15. The second-order valence-corrected chi connectivity index (χ2v) is 16.9. The van der Waals surface area contributed by atoms with Gasteiger partial charge in [0.2, 0.25) is 27.7 Å². The van der Waals surface area contributed by atoms with E-state index in [1.807, 2.05) is 18.2 Å². The van der Waals surface area contributed by atoms with E-state index in [2.05, 4.69) is 16.3 Å². The number of likely N-dealkylation sites (tertiary alicyclic amines) is 1. The summed E-state index contributed by atoms with van der Waals surface area (Å²) < 4.78 is 44.9. The zero-order valence-corrected chi connectivity index (χ0v) is 30.6. The van der Waals surface area contributed by atoms with Gasteiger partial charge in [-0.25, -0.2) is 18.2 Å². The summed E-state index contributed by atoms with van der Waals surface area (Å²) in [7, 11) is -0.787. The van der Waals surface area contributed by atoms with Crippen LogP contribution >= 0.6 is 0 Å². The van der Waals surface area contributed by atoms with E-state index in [-0.39, 0.29) is 31.7 Å². The zero-order chi connectivity index (χ0) is 36.8. The van der Waals surface area contributed by atoms with Gasteiger partial charge >= 0.3 is 6.09 Å². The highest BCUT2D eigenvalue weighted by Crippen LogP contribution is 2.57. The van der Waals surface area contributed by atoms with E-state index in [9.17, 15) is 27.6 Å². The number of benzene rings is 1.